The van der Waals surface area contributed by atoms with Crippen LogP contribution in [0.4, 0.5) is 0 Å². The molecule has 0 saturated heterocycles. The van der Waals surface area contributed by atoms with E-state index < -0.39 is 0 Å². The first kappa shape index (κ1) is 29.9. The number of hydrogen-bond donors (Lipinski definition) is 0. The zero-order chi connectivity index (χ0) is 34.6. The van der Waals surface area contributed by atoms with Gasteiger partial charge in [0.15, 0.2) is 5.82 Å². The summed E-state index contributed by atoms with van der Waals surface area (Å²) in [6.45, 7) is 4.79. The van der Waals surface area contributed by atoms with Gasteiger partial charge in [0.05, 0.1) is 11.1 Å². The molecule has 6 aromatic carbocycles. The molecule has 1 fully saturated rings. The van der Waals surface area contributed by atoms with E-state index in [1.807, 2.05) is 24.3 Å². The van der Waals surface area contributed by atoms with Crippen LogP contribution in [0.1, 0.15) is 68.2 Å². The fourth-order valence-corrected chi connectivity index (χ4v) is 9.93. The summed E-state index contributed by atoms with van der Waals surface area (Å²) >= 11 is 0. The lowest BCUT2D eigenvalue weighted by Crippen LogP contribution is -2.28. The van der Waals surface area contributed by atoms with E-state index in [9.17, 15) is 0 Å². The molecule has 0 aliphatic heterocycles. The molecule has 8 aromatic rings. The van der Waals surface area contributed by atoms with Crippen molar-refractivity contribution < 1.29 is 4.42 Å². The highest BCUT2D eigenvalue weighted by molar-refractivity contribution is 6.10. The monoisotopic (exact) mass is 670 g/mol. The third-order valence-electron chi connectivity index (χ3n) is 12.5. The lowest BCUT2D eigenvalue weighted by atomic mass is 9.67. The van der Waals surface area contributed by atoms with Crippen LogP contribution >= 0.6 is 0 Å². The molecule has 1 saturated carbocycles. The Kier molecular flexibility index (Phi) is 6.24. The molecule has 0 N–H and O–H groups in total. The average Bonchev–Trinajstić information content (AvgIpc) is 3.78. The van der Waals surface area contributed by atoms with Crippen LogP contribution in [0.5, 0.6) is 0 Å². The van der Waals surface area contributed by atoms with Crippen molar-refractivity contribution in [3.8, 4) is 56.0 Å². The van der Waals surface area contributed by atoms with Crippen LogP contribution in [-0.4, -0.2) is 9.97 Å². The Balaban J connectivity index is 1.01. The number of benzene rings is 6. The summed E-state index contributed by atoms with van der Waals surface area (Å²) in [5.41, 5.74) is 18.6. The maximum Gasteiger partial charge on any atom is 0.231 e. The van der Waals surface area contributed by atoms with E-state index in [1.54, 1.807) is 5.56 Å². The van der Waals surface area contributed by atoms with Crippen LogP contribution in [0.15, 0.2) is 138 Å². The van der Waals surface area contributed by atoms with Crippen LogP contribution in [0.3, 0.4) is 0 Å². The summed E-state index contributed by atoms with van der Waals surface area (Å²) < 4.78 is 6.30. The van der Waals surface area contributed by atoms with E-state index in [0.29, 0.717) is 11.5 Å². The van der Waals surface area contributed by atoms with Gasteiger partial charge in [-0.3, -0.25) is 0 Å². The molecule has 3 aliphatic rings. The van der Waals surface area contributed by atoms with E-state index in [-0.39, 0.29) is 10.8 Å². The number of fused-ring (bicyclic) bond motifs is 11. The van der Waals surface area contributed by atoms with Gasteiger partial charge < -0.3 is 4.42 Å². The van der Waals surface area contributed by atoms with Crippen molar-refractivity contribution in [2.75, 3.05) is 0 Å². The Labute approximate surface area is 304 Å². The standard InChI is InChI=1S/C49H38N2O/c1-48(2)39-17-9-7-15-34(39)37-29-42-38(28-40(37)48)35-24-23-33(27-41(35)49(42)25-11-4-12-26-49)30-19-21-32(22-20-30)46-50-45(31-13-5-3-6-14-31)44-36-16-8-10-18-43(36)52-47(44)51-46/h3,5-10,13-24,27-29H,4,11-12,25-26H2,1-2H3. The average molecular weight is 671 g/mol. The lowest BCUT2D eigenvalue weighted by Gasteiger charge is -2.36. The van der Waals surface area contributed by atoms with Gasteiger partial charge in [0.2, 0.25) is 5.71 Å². The van der Waals surface area contributed by atoms with Crippen molar-refractivity contribution in [2.24, 2.45) is 0 Å². The predicted octanol–water partition coefficient (Wildman–Crippen LogP) is 12.9. The van der Waals surface area contributed by atoms with Gasteiger partial charge in [0.1, 0.15) is 5.58 Å². The smallest absolute Gasteiger partial charge is 0.231 e. The summed E-state index contributed by atoms with van der Waals surface area (Å²) in [5.74, 6) is 0.667. The van der Waals surface area contributed by atoms with Crippen LogP contribution < -0.4 is 0 Å². The second-order valence-corrected chi connectivity index (χ2v) is 15.6. The number of rotatable bonds is 3. The normalized spacial score (nSPS) is 16.2. The van der Waals surface area contributed by atoms with Gasteiger partial charge in [-0.1, -0.05) is 142 Å². The van der Waals surface area contributed by atoms with Gasteiger partial charge in [-0.25, -0.2) is 4.98 Å². The van der Waals surface area contributed by atoms with Crippen molar-refractivity contribution in [1.82, 2.24) is 9.97 Å². The predicted molar refractivity (Wildman–Crippen MR) is 212 cm³/mol. The summed E-state index contributed by atoms with van der Waals surface area (Å²) in [4.78, 5) is 10.1. The van der Waals surface area contributed by atoms with Gasteiger partial charge in [0.25, 0.3) is 0 Å². The number of hydrogen-bond acceptors (Lipinski definition) is 3. The van der Waals surface area contributed by atoms with Crippen LogP contribution in [0.2, 0.25) is 0 Å². The number of nitrogens with zero attached hydrogens (tertiary/aromatic N) is 2. The fourth-order valence-electron chi connectivity index (χ4n) is 9.93. The van der Waals surface area contributed by atoms with Gasteiger partial charge in [0, 0.05) is 27.3 Å². The van der Waals surface area contributed by atoms with Crippen molar-refractivity contribution >= 4 is 22.1 Å². The quantitative estimate of drug-likeness (QED) is 0.188. The van der Waals surface area contributed by atoms with Gasteiger partial charge in [-0.05, 0) is 92.7 Å². The van der Waals surface area contributed by atoms with E-state index in [2.05, 4.69) is 123 Å². The summed E-state index contributed by atoms with van der Waals surface area (Å²) in [6, 6.07) is 48.7. The largest absolute Gasteiger partial charge is 0.438 e. The fraction of sp³-hybridized carbons (Fsp3) is 0.184. The van der Waals surface area contributed by atoms with Gasteiger partial charge in [-0.2, -0.15) is 4.98 Å². The molecule has 3 aliphatic carbocycles. The number of furan rings is 1. The molecule has 0 unspecified atom stereocenters. The molecule has 3 heteroatoms. The highest BCUT2D eigenvalue weighted by atomic mass is 16.3. The minimum atomic E-state index is -0.00830. The highest BCUT2D eigenvalue weighted by Crippen LogP contribution is 2.60. The van der Waals surface area contributed by atoms with E-state index in [1.165, 1.54) is 82.2 Å². The Morgan fingerprint density at radius 1 is 0.500 bits per heavy atom. The summed E-state index contributed by atoms with van der Waals surface area (Å²) in [5, 5.41) is 1.99. The molecule has 52 heavy (non-hydrogen) atoms. The molecule has 0 bridgehead atoms. The second-order valence-electron chi connectivity index (χ2n) is 15.6. The molecular weight excluding hydrogens is 633 g/mol. The van der Waals surface area contributed by atoms with Gasteiger partial charge in [-0.15, -0.1) is 0 Å². The van der Waals surface area contributed by atoms with Crippen molar-refractivity contribution in [1.29, 1.82) is 0 Å². The minimum absolute atomic E-state index is 0.00830. The molecular formula is C49H38N2O. The lowest BCUT2D eigenvalue weighted by molar-refractivity contribution is 0.353. The molecule has 0 radical (unpaired) electrons. The number of aromatic nitrogens is 2. The molecule has 2 heterocycles. The van der Waals surface area contributed by atoms with Crippen LogP contribution in [-0.2, 0) is 10.8 Å². The van der Waals surface area contributed by atoms with Crippen molar-refractivity contribution in [2.45, 2.75) is 56.8 Å². The summed E-state index contributed by atoms with van der Waals surface area (Å²) in [7, 11) is 0. The molecule has 11 rings (SSSR count). The zero-order valence-corrected chi connectivity index (χ0v) is 29.5. The Hall–Kier alpha value is -5.80. The third kappa shape index (κ3) is 4.14. The molecule has 1 spiro atoms. The Morgan fingerprint density at radius 3 is 2.00 bits per heavy atom. The molecule has 3 nitrogen and oxygen atoms in total. The first-order chi connectivity index (χ1) is 25.5. The van der Waals surface area contributed by atoms with Gasteiger partial charge >= 0.3 is 0 Å². The Morgan fingerprint density at radius 2 is 1.15 bits per heavy atom. The van der Waals surface area contributed by atoms with Crippen LogP contribution in [0.25, 0.3) is 78.1 Å². The van der Waals surface area contributed by atoms with E-state index >= 15 is 0 Å². The Bertz CT molecular complexity index is 2730. The van der Waals surface area contributed by atoms with Crippen molar-refractivity contribution in [3.05, 3.63) is 156 Å². The first-order valence-electron chi connectivity index (χ1n) is 18.8. The minimum Gasteiger partial charge on any atom is -0.438 e. The third-order valence-corrected chi connectivity index (χ3v) is 12.5. The maximum absolute atomic E-state index is 6.30. The second kappa shape index (κ2) is 10.9. The van der Waals surface area contributed by atoms with Crippen LogP contribution in [0, 0.1) is 0 Å². The molecule has 2 aromatic heterocycles. The van der Waals surface area contributed by atoms with E-state index in [4.69, 9.17) is 14.4 Å². The molecule has 250 valence electrons. The SMILES string of the molecule is CC1(C)c2ccccc2-c2cc3c(cc21)-c1ccc(-c2ccc(-c4nc(-c5ccccc5)c5c(n4)oc4ccccc45)cc2)cc1C31CCCCC1. The highest BCUT2D eigenvalue weighted by Gasteiger charge is 2.46. The van der Waals surface area contributed by atoms with Crippen molar-refractivity contribution in [3.63, 3.8) is 0 Å². The summed E-state index contributed by atoms with van der Waals surface area (Å²) in [6.07, 6.45) is 6.30. The van der Waals surface area contributed by atoms with E-state index in [0.717, 1.165) is 33.2 Å². The first-order valence-corrected chi connectivity index (χ1v) is 18.8. The molecule has 0 amide bonds. The number of para-hydroxylation sites is 1. The topological polar surface area (TPSA) is 38.9 Å². The maximum atomic E-state index is 6.30. The molecule has 0 atom stereocenters. The zero-order valence-electron chi connectivity index (χ0n) is 29.5.